The zero-order chi connectivity index (χ0) is 19.9. The predicted octanol–water partition coefficient (Wildman–Crippen LogP) is 4.28. The van der Waals surface area contributed by atoms with Gasteiger partial charge in [-0.3, -0.25) is 4.79 Å². The number of hydrogen-bond acceptors (Lipinski definition) is 5. The van der Waals surface area contributed by atoms with Crippen molar-refractivity contribution in [1.82, 2.24) is 0 Å². The maximum absolute atomic E-state index is 12.4. The molecule has 0 heterocycles. The monoisotopic (exact) mass is 371 g/mol. The smallest absolute Gasteiger partial charge is 0.313 e. The van der Waals surface area contributed by atoms with E-state index in [1.54, 1.807) is 7.11 Å². The summed E-state index contributed by atoms with van der Waals surface area (Å²) in [4.78, 5) is 12.4. The van der Waals surface area contributed by atoms with Crippen molar-refractivity contribution in [3.8, 4) is 5.75 Å². The molecular weight excluding hydrogens is 342 g/mol. The summed E-state index contributed by atoms with van der Waals surface area (Å²) in [5.74, 6) is 0.487. The van der Waals surface area contributed by atoms with Crippen LogP contribution in [0, 0.1) is 5.41 Å². The van der Waals surface area contributed by atoms with E-state index < -0.39 is 5.41 Å². The van der Waals surface area contributed by atoms with E-state index in [4.69, 9.17) is 14.2 Å². The van der Waals surface area contributed by atoms with E-state index in [-0.39, 0.29) is 18.1 Å². The molecular formula is C22H29NO4. The molecule has 0 bridgehead atoms. The van der Waals surface area contributed by atoms with Gasteiger partial charge in [-0.05, 0) is 50.6 Å². The summed E-state index contributed by atoms with van der Waals surface area (Å²) < 4.78 is 16.3. The lowest BCUT2D eigenvalue weighted by molar-refractivity contribution is -0.153. The second-order valence-corrected chi connectivity index (χ2v) is 7.07. The summed E-state index contributed by atoms with van der Waals surface area (Å²) >= 11 is 0. The maximum Gasteiger partial charge on any atom is 0.313 e. The number of methoxy groups -OCH3 is 2. The lowest BCUT2D eigenvalue weighted by Gasteiger charge is -2.37. The first-order valence-electron chi connectivity index (χ1n) is 9.03. The second kappa shape index (κ2) is 9.42. The van der Waals surface area contributed by atoms with Crippen LogP contribution in [0.15, 0.2) is 54.6 Å². The second-order valence-electron chi connectivity index (χ2n) is 7.07. The van der Waals surface area contributed by atoms with Crippen LogP contribution in [0.1, 0.15) is 26.3 Å². The highest BCUT2D eigenvalue weighted by Gasteiger charge is 2.41. The van der Waals surface area contributed by atoms with Gasteiger partial charge in [0.05, 0.1) is 38.4 Å². The normalized spacial score (nSPS) is 13.5. The van der Waals surface area contributed by atoms with Crippen molar-refractivity contribution < 1.29 is 19.0 Å². The molecule has 146 valence electrons. The largest absolute Gasteiger partial charge is 0.497 e. The maximum atomic E-state index is 12.4. The topological polar surface area (TPSA) is 56.8 Å². The highest BCUT2D eigenvalue weighted by Crippen LogP contribution is 2.30. The molecule has 0 radical (unpaired) electrons. The Morgan fingerprint density at radius 2 is 1.67 bits per heavy atom. The van der Waals surface area contributed by atoms with Crippen LogP contribution < -0.4 is 10.1 Å². The molecule has 0 saturated heterocycles. The number of benzene rings is 2. The average molecular weight is 371 g/mol. The minimum Gasteiger partial charge on any atom is -0.497 e. The van der Waals surface area contributed by atoms with Crippen molar-refractivity contribution in [2.24, 2.45) is 5.41 Å². The molecule has 2 atom stereocenters. The van der Waals surface area contributed by atoms with Crippen molar-refractivity contribution in [3.05, 3.63) is 60.2 Å². The van der Waals surface area contributed by atoms with Gasteiger partial charge in [0, 0.05) is 5.69 Å². The van der Waals surface area contributed by atoms with E-state index in [0.29, 0.717) is 6.61 Å². The highest BCUT2D eigenvalue weighted by atomic mass is 16.5. The fourth-order valence-electron chi connectivity index (χ4n) is 3.04. The molecule has 1 N–H and O–H groups in total. The van der Waals surface area contributed by atoms with E-state index in [9.17, 15) is 4.79 Å². The van der Waals surface area contributed by atoms with Gasteiger partial charge in [0.15, 0.2) is 0 Å². The fourth-order valence-corrected chi connectivity index (χ4v) is 3.04. The Balaban J connectivity index is 2.18. The van der Waals surface area contributed by atoms with Gasteiger partial charge in [-0.25, -0.2) is 0 Å². The van der Waals surface area contributed by atoms with Crippen molar-refractivity contribution >= 4 is 11.7 Å². The number of nitrogens with one attached hydrogen (secondary N) is 1. The molecule has 5 heteroatoms. The highest BCUT2D eigenvalue weighted by molar-refractivity contribution is 5.77. The first-order valence-corrected chi connectivity index (χ1v) is 9.03. The Hall–Kier alpha value is -2.53. The minimum atomic E-state index is -0.787. The molecule has 0 amide bonds. The molecule has 0 fully saturated rings. The number of ether oxygens (including phenoxy) is 3. The molecule has 5 nitrogen and oxygen atoms in total. The molecule has 2 rings (SSSR count). The van der Waals surface area contributed by atoms with Crippen molar-refractivity contribution in [1.29, 1.82) is 0 Å². The number of hydrogen-bond donors (Lipinski definition) is 1. The van der Waals surface area contributed by atoms with Crippen LogP contribution in [0.5, 0.6) is 5.75 Å². The van der Waals surface area contributed by atoms with Crippen LogP contribution in [-0.2, 0) is 20.9 Å². The van der Waals surface area contributed by atoms with Crippen molar-refractivity contribution in [3.63, 3.8) is 0 Å². The zero-order valence-corrected chi connectivity index (χ0v) is 16.7. The Bertz CT molecular complexity index is 713. The van der Waals surface area contributed by atoms with E-state index in [0.717, 1.165) is 17.0 Å². The molecule has 2 aromatic rings. The van der Waals surface area contributed by atoms with Crippen molar-refractivity contribution in [2.75, 3.05) is 19.5 Å². The molecule has 0 aromatic heterocycles. The first kappa shape index (κ1) is 20.8. The molecule has 27 heavy (non-hydrogen) atoms. The van der Waals surface area contributed by atoms with Crippen LogP contribution in [-0.4, -0.2) is 32.3 Å². The summed E-state index contributed by atoms with van der Waals surface area (Å²) in [7, 11) is 3.04. The van der Waals surface area contributed by atoms with Gasteiger partial charge in [-0.15, -0.1) is 0 Å². The summed E-state index contributed by atoms with van der Waals surface area (Å²) in [6.07, 6.45) is -0.235. The molecule has 0 aliphatic rings. The lowest BCUT2D eigenvalue weighted by Crippen LogP contribution is -2.50. The molecule has 0 unspecified atom stereocenters. The van der Waals surface area contributed by atoms with Gasteiger partial charge in [-0.2, -0.15) is 0 Å². The van der Waals surface area contributed by atoms with Gasteiger partial charge in [0.25, 0.3) is 0 Å². The third kappa shape index (κ3) is 5.47. The van der Waals surface area contributed by atoms with Gasteiger partial charge >= 0.3 is 5.97 Å². The third-order valence-electron chi connectivity index (χ3n) is 4.73. The number of anilines is 1. The summed E-state index contributed by atoms with van der Waals surface area (Å²) in [6.45, 7) is 6.17. The molecule has 0 saturated carbocycles. The van der Waals surface area contributed by atoms with Gasteiger partial charge in [0.1, 0.15) is 5.75 Å². The quantitative estimate of drug-likeness (QED) is 0.667. The molecule has 2 aromatic carbocycles. The standard InChI is InChI=1S/C22H29NO4/c1-16(27-15-17-9-7-6-8-10-17)20(22(2,3)21(24)26-5)23-18-11-13-19(25-4)14-12-18/h6-14,16,20,23H,15H2,1-5H3/t16-,20-/m1/s1. The van der Waals surface area contributed by atoms with Gasteiger partial charge < -0.3 is 19.5 Å². The fraction of sp³-hybridized carbons (Fsp3) is 0.409. The SMILES string of the molecule is COC(=O)C(C)(C)[C@H](Nc1ccc(OC)cc1)[C@@H](C)OCc1ccccc1. The van der Waals surface area contributed by atoms with Crippen molar-refractivity contribution in [2.45, 2.75) is 39.5 Å². The summed E-state index contributed by atoms with van der Waals surface area (Å²) in [6, 6.07) is 17.3. The third-order valence-corrected chi connectivity index (χ3v) is 4.73. The lowest BCUT2D eigenvalue weighted by atomic mass is 9.81. The van der Waals surface area contributed by atoms with E-state index in [2.05, 4.69) is 5.32 Å². The van der Waals surface area contributed by atoms with Crippen LogP contribution >= 0.6 is 0 Å². The average Bonchev–Trinajstić information content (AvgIpc) is 2.70. The van der Waals surface area contributed by atoms with Crippen LogP contribution in [0.25, 0.3) is 0 Å². The van der Waals surface area contributed by atoms with Crippen LogP contribution in [0.4, 0.5) is 5.69 Å². The molecule has 0 spiro atoms. The number of carbonyl (C=O) groups excluding carboxylic acids is 1. The minimum absolute atomic E-state index is 0.235. The van der Waals surface area contributed by atoms with Crippen LogP contribution in [0.2, 0.25) is 0 Å². The zero-order valence-electron chi connectivity index (χ0n) is 16.7. The summed E-state index contributed by atoms with van der Waals surface area (Å²) in [5.41, 5.74) is 1.18. The first-order chi connectivity index (χ1) is 12.9. The molecule has 0 aliphatic heterocycles. The predicted molar refractivity (Wildman–Crippen MR) is 107 cm³/mol. The Morgan fingerprint density at radius 3 is 2.22 bits per heavy atom. The Morgan fingerprint density at radius 1 is 1.04 bits per heavy atom. The number of esters is 1. The molecule has 0 aliphatic carbocycles. The Labute approximate surface area is 161 Å². The van der Waals surface area contributed by atoms with Gasteiger partial charge in [-0.1, -0.05) is 30.3 Å². The number of rotatable bonds is 9. The Kier molecular flexibility index (Phi) is 7.25. The van der Waals surface area contributed by atoms with E-state index in [1.807, 2.05) is 75.4 Å². The summed E-state index contributed by atoms with van der Waals surface area (Å²) in [5, 5.41) is 3.44. The van der Waals surface area contributed by atoms with E-state index >= 15 is 0 Å². The van der Waals surface area contributed by atoms with Crippen LogP contribution in [0.3, 0.4) is 0 Å². The van der Waals surface area contributed by atoms with E-state index in [1.165, 1.54) is 7.11 Å². The number of carbonyl (C=O) groups is 1. The van der Waals surface area contributed by atoms with Gasteiger partial charge in [0.2, 0.25) is 0 Å².